The Morgan fingerprint density at radius 1 is 1.43 bits per heavy atom. The zero-order valence-corrected chi connectivity index (χ0v) is 14.9. The second-order valence-corrected chi connectivity index (χ2v) is 7.26. The highest BCUT2D eigenvalue weighted by Gasteiger charge is 2.44. The predicted molar refractivity (Wildman–Crippen MR) is 85.4 cm³/mol. The van der Waals surface area contributed by atoms with Crippen LogP contribution in [0.15, 0.2) is 0 Å². The Kier molecular flexibility index (Phi) is 6.24. The number of hydrogen-bond donors (Lipinski definition) is 2. The Hall–Kier alpha value is -1.54. The van der Waals surface area contributed by atoms with Crippen molar-refractivity contribution in [2.75, 3.05) is 33.3 Å². The van der Waals surface area contributed by atoms with Crippen LogP contribution in [0.1, 0.15) is 34.6 Å². The number of carbonyl (C=O) groups excluding carboxylic acids is 1. The fraction of sp³-hybridized carbons (Fsp3) is 0.867. The zero-order valence-electron chi connectivity index (χ0n) is 14.9. The minimum atomic E-state index is -0.988. The summed E-state index contributed by atoms with van der Waals surface area (Å²) in [7, 11) is 1.88. The van der Waals surface area contributed by atoms with Gasteiger partial charge in [-0.3, -0.25) is 4.90 Å². The van der Waals surface area contributed by atoms with E-state index in [2.05, 4.69) is 5.32 Å². The number of rotatable bonds is 5. The molecular weight excluding hydrogens is 302 g/mol. The van der Waals surface area contributed by atoms with Gasteiger partial charge in [0, 0.05) is 19.6 Å². The van der Waals surface area contributed by atoms with E-state index < -0.39 is 23.5 Å². The van der Waals surface area contributed by atoms with E-state index in [0.717, 1.165) is 0 Å². The topological polar surface area (TPSA) is 91.3 Å². The fourth-order valence-corrected chi connectivity index (χ4v) is 2.52. The molecule has 0 bridgehead atoms. The summed E-state index contributed by atoms with van der Waals surface area (Å²) in [5.74, 6) is 0. The van der Waals surface area contributed by atoms with Gasteiger partial charge in [-0.05, 0) is 41.7 Å². The lowest BCUT2D eigenvalue weighted by molar-refractivity contribution is -0.0425. The number of ether oxygens (including phenoxy) is 2. The Morgan fingerprint density at radius 2 is 2.04 bits per heavy atom. The van der Waals surface area contributed by atoms with Gasteiger partial charge in [0.05, 0.1) is 12.6 Å². The average molecular weight is 331 g/mol. The molecule has 23 heavy (non-hydrogen) atoms. The number of carboxylic acid groups (broad SMARTS) is 1. The van der Waals surface area contributed by atoms with Crippen molar-refractivity contribution in [3.05, 3.63) is 0 Å². The standard InChI is InChI=1S/C15H29N3O5/c1-14(2,3)23-12(19)16-7-8-17(6)9-11-10-22-15(4,5)18(11)13(20)21/h11H,7-10H2,1-6H3,(H,16,19)(H,20,21). The van der Waals surface area contributed by atoms with Crippen LogP contribution in [-0.2, 0) is 9.47 Å². The summed E-state index contributed by atoms with van der Waals surface area (Å²) in [6.07, 6.45) is -1.44. The summed E-state index contributed by atoms with van der Waals surface area (Å²) in [6, 6.07) is -0.228. The van der Waals surface area contributed by atoms with E-state index in [1.807, 2.05) is 11.9 Å². The Labute approximate surface area is 137 Å². The molecular formula is C15H29N3O5. The number of amides is 2. The number of nitrogens with zero attached hydrogens (tertiary/aromatic N) is 2. The van der Waals surface area contributed by atoms with E-state index in [-0.39, 0.29) is 6.04 Å². The lowest BCUT2D eigenvalue weighted by Crippen LogP contribution is -2.51. The molecule has 2 N–H and O–H groups in total. The molecule has 2 amide bonds. The van der Waals surface area contributed by atoms with Crippen LogP contribution in [0.3, 0.4) is 0 Å². The van der Waals surface area contributed by atoms with E-state index in [0.29, 0.717) is 26.2 Å². The van der Waals surface area contributed by atoms with Gasteiger partial charge in [0.1, 0.15) is 11.3 Å². The van der Waals surface area contributed by atoms with E-state index in [9.17, 15) is 14.7 Å². The van der Waals surface area contributed by atoms with Gasteiger partial charge in [0.25, 0.3) is 0 Å². The van der Waals surface area contributed by atoms with Crippen molar-refractivity contribution in [1.82, 2.24) is 15.1 Å². The SMILES string of the molecule is CN(CCNC(=O)OC(C)(C)C)CC1COC(C)(C)N1C(=O)O. The number of hydrogen-bond acceptors (Lipinski definition) is 5. The molecule has 1 rings (SSSR count). The van der Waals surface area contributed by atoms with Crippen LogP contribution in [-0.4, -0.2) is 77.7 Å². The molecule has 1 aliphatic rings. The first kappa shape index (κ1) is 19.5. The molecule has 0 saturated carbocycles. The average Bonchev–Trinajstić information content (AvgIpc) is 2.61. The van der Waals surface area contributed by atoms with E-state index >= 15 is 0 Å². The first-order valence-corrected chi connectivity index (χ1v) is 7.74. The quantitative estimate of drug-likeness (QED) is 0.794. The lowest BCUT2D eigenvalue weighted by Gasteiger charge is -2.32. The second kappa shape index (κ2) is 7.35. The largest absolute Gasteiger partial charge is 0.465 e. The maximum Gasteiger partial charge on any atom is 0.409 e. The molecule has 8 nitrogen and oxygen atoms in total. The minimum absolute atomic E-state index is 0.228. The minimum Gasteiger partial charge on any atom is -0.465 e. The first-order valence-electron chi connectivity index (χ1n) is 7.74. The second-order valence-electron chi connectivity index (χ2n) is 7.26. The van der Waals surface area contributed by atoms with Crippen LogP contribution < -0.4 is 5.32 Å². The first-order chi connectivity index (χ1) is 10.4. The summed E-state index contributed by atoms with van der Waals surface area (Å²) in [5.41, 5.74) is -1.34. The molecule has 0 radical (unpaired) electrons. The molecule has 1 fully saturated rings. The molecule has 1 unspecified atom stereocenters. The maximum absolute atomic E-state index is 11.6. The number of likely N-dealkylation sites (N-methyl/N-ethyl adjacent to an activating group) is 1. The highest BCUT2D eigenvalue weighted by atomic mass is 16.6. The smallest absolute Gasteiger partial charge is 0.409 e. The summed E-state index contributed by atoms with van der Waals surface area (Å²) in [6.45, 7) is 10.8. The van der Waals surface area contributed by atoms with Gasteiger partial charge < -0.3 is 24.8 Å². The lowest BCUT2D eigenvalue weighted by atomic mass is 10.2. The number of alkyl carbamates (subject to hydrolysis) is 1. The summed E-state index contributed by atoms with van der Waals surface area (Å²) in [5, 5.41) is 12.0. The van der Waals surface area contributed by atoms with E-state index in [4.69, 9.17) is 9.47 Å². The summed E-state index contributed by atoms with van der Waals surface area (Å²) >= 11 is 0. The van der Waals surface area contributed by atoms with Crippen molar-refractivity contribution in [1.29, 1.82) is 0 Å². The van der Waals surface area contributed by atoms with Gasteiger partial charge in [0.15, 0.2) is 0 Å². The molecule has 0 spiro atoms. The fourth-order valence-electron chi connectivity index (χ4n) is 2.52. The third kappa shape index (κ3) is 6.23. The zero-order chi connectivity index (χ0) is 17.8. The molecule has 1 atom stereocenters. The van der Waals surface area contributed by atoms with E-state index in [1.54, 1.807) is 34.6 Å². The van der Waals surface area contributed by atoms with Gasteiger partial charge in [-0.2, -0.15) is 0 Å². The van der Waals surface area contributed by atoms with Gasteiger partial charge in [-0.25, -0.2) is 9.59 Å². The van der Waals surface area contributed by atoms with Crippen molar-refractivity contribution in [2.24, 2.45) is 0 Å². The third-order valence-corrected chi connectivity index (χ3v) is 3.46. The molecule has 0 aromatic rings. The monoisotopic (exact) mass is 331 g/mol. The van der Waals surface area contributed by atoms with Gasteiger partial charge in [0.2, 0.25) is 0 Å². The predicted octanol–water partition coefficient (Wildman–Crippen LogP) is 1.56. The molecule has 134 valence electrons. The third-order valence-electron chi connectivity index (χ3n) is 3.46. The summed E-state index contributed by atoms with van der Waals surface area (Å²) in [4.78, 5) is 26.3. The highest BCUT2D eigenvalue weighted by molar-refractivity contribution is 5.67. The molecule has 8 heteroatoms. The molecule has 1 heterocycles. The molecule has 0 aromatic heterocycles. The van der Waals surface area contributed by atoms with Crippen molar-refractivity contribution in [3.8, 4) is 0 Å². The van der Waals surface area contributed by atoms with Crippen LogP contribution in [0.4, 0.5) is 9.59 Å². The van der Waals surface area contributed by atoms with Gasteiger partial charge in [-0.1, -0.05) is 0 Å². The Bertz CT molecular complexity index is 433. The van der Waals surface area contributed by atoms with Crippen molar-refractivity contribution >= 4 is 12.2 Å². The Morgan fingerprint density at radius 3 is 2.57 bits per heavy atom. The van der Waals surface area contributed by atoms with Crippen LogP contribution in [0, 0.1) is 0 Å². The number of carbonyl (C=O) groups is 2. The van der Waals surface area contributed by atoms with Gasteiger partial charge in [-0.15, -0.1) is 0 Å². The van der Waals surface area contributed by atoms with Crippen molar-refractivity contribution < 1.29 is 24.2 Å². The summed E-state index contributed by atoms with van der Waals surface area (Å²) < 4.78 is 10.7. The van der Waals surface area contributed by atoms with Crippen LogP contribution in [0.25, 0.3) is 0 Å². The molecule has 0 aromatic carbocycles. The van der Waals surface area contributed by atoms with Crippen LogP contribution in [0.2, 0.25) is 0 Å². The molecule has 0 aliphatic carbocycles. The van der Waals surface area contributed by atoms with Crippen molar-refractivity contribution in [3.63, 3.8) is 0 Å². The normalized spacial score (nSPS) is 20.7. The van der Waals surface area contributed by atoms with Gasteiger partial charge >= 0.3 is 12.2 Å². The highest BCUT2D eigenvalue weighted by Crippen LogP contribution is 2.27. The van der Waals surface area contributed by atoms with Crippen molar-refractivity contribution in [2.45, 2.75) is 52.0 Å². The number of nitrogens with one attached hydrogen (secondary N) is 1. The molecule has 1 aliphatic heterocycles. The molecule has 1 saturated heterocycles. The maximum atomic E-state index is 11.6. The van der Waals surface area contributed by atoms with Crippen LogP contribution in [0.5, 0.6) is 0 Å². The van der Waals surface area contributed by atoms with E-state index in [1.165, 1.54) is 4.90 Å². The Balaban J connectivity index is 2.38. The van der Waals surface area contributed by atoms with Crippen LogP contribution >= 0.6 is 0 Å².